The number of thioether (sulfide) groups is 1. The average molecular weight is 676 g/mol. The van der Waals surface area contributed by atoms with Crippen molar-refractivity contribution in [3.63, 3.8) is 0 Å². The van der Waals surface area contributed by atoms with E-state index in [0.717, 1.165) is 41.0 Å². The molecule has 2 aliphatic heterocycles. The second-order valence-corrected chi connectivity index (χ2v) is 13.3. The second-order valence-electron chi connectivity index (χ2n) is 11.3. The minimum Gasteiger partial charge on any atom is -0.477 e. The summed E-state index contributed by atoms with van der Waals surface area (Å²) in [5.74, 6) is -1.49. The Morgan fingerprint density at radius 1 is 1.21 bits per heavy atom. The first-order chi connectivity index (χ1) is 22.7. The molecule has 242 valence electrons. The van der Waals surface area contributed by atoms with E-state index in [1.165, 1.54) is 23.8 Å². The van der Waals surface area contributed by atoms with E-state index in [2.05, 4.69) is 25.0 Å². The number of carboxylic acid groups (broad SMARTS) is 1. The summed E-state index contributed by atoms with van der Waals surface area (Å²) in [5.41, 5.74) is 15.3. The summed E-state index contributed by atoms with van der Waals surface area (Å²) >= 11 is 2.52. The number of aliphatic imine (C=N–C) groups is 1. The van der Waals surface area contributed by atoms with E-state index in [-0.39, 0.29) is 28.8 Å². The number of oxime groups is 1. The first kappa shape index (κ1) is 30.5. The Labute approximate surface area is 276 Å². The van der Waals surface area contributed by atoms with E-state index in [9.17, 15) is 19.5 Å². The van der Waals surface area contributed by atoms with E-state index in [4.69, 9.17) is 16.3 Å². The fourth-order valence-electron chi connectivity index (χ4n) is 5.66. The van der Waals surface area contributed by atoms with Crippen LogP contribution in [-0.4, -0.2) is 83.8 Å². The van der Waals surface area contributed by atoms with Crippen molar-refractivity contribution in [3.05, 3.63) is 82.4 Å². The number of carboxylic acids is 1. The van der Waals surface area contributed by atoms with Crippen LogP contribution >= 0.6 is 23.1 Å². The highest BCUT2D eigenvalue weighted by Crippen LogP contribution is 2.40. The zero-order valence-corrected chi connectivity index (χ0v) is 26.8. The van der Waals surface area contributed by atoms with E-state index in [1.807, 2.05) is 58.1 Å². The van der Waals surface area contributed by atoms with Crippen molar-refractivity contribution in [1.82, 2.24) is 24.4 Å². The third-order valence-electron chi connectivity index (χ3n) is 8.11. The number of hydrogen-bond acceptors (Lipinski definition) is 10. The van der Waals surface area contributed by atoms with Crippen molar-refractivity contribution in [1.29, 1.82) is 0 Å². The molecule has 2 fully saturated rings. The molecule has 15 nitrogen and oxygen atoms in total. The van der Waals surface area contributed by atoms with Gasteiger partial charge in [-0.1, -0.05) is 29.4 Å². The first-order valence-corrected chi connectivity index (χ1v) is 16.7. The molecule has 4 aromatic rings. The van der Waals surface area contributed by atoms with Crippen LogP contribution in [0.5, 0.6) is 0 Å². The molecule has 1 aliphatic carbocycles. The first-order valence-electron chi connectivity index (χ1n) is 14.7. The minimum absolute atomic E-state index is 0.0752. The second kappa shape index (κ2) is 12.2. The summed E-state index contributed by atoms with van der Waals surface area (Å²) in [6.45, 7) is 0.883. The van der Waals surface area contributed by atoms with Gasteiger partial charge >= 0.3 is 11.6 Å². The summed E-state index contributed by atoms with van der Waals surface area (Å²) in [6, 6.07) is 9.43. The highest BCUT2D eigenvalue weighted by molar-refractivity contribution is 8.00. The van der Waals surface area contributed by atoms with Gasteiger partial charge in [-0.3, -0.25) is 19.5 Å². The van der Waals surface area contributed by atoms with Crippen molar-refractivity contribution in [2.45, 2.75) is 43.4 Å². The Balaban J connectivity index is 1.06. The van der Waals surface area contributed by atoms with Crippen LogP contribution < -0.4 is 21.4 Å². The number of benzene rings is 1. The van der Waals surface area contributed by atoms with Crippen molar-refractivity contribution in [3.8, 4) is 0 Å². The number of β-lactam (4-membered cyclic amide) rings is 1. The maximum absolute atomic E-state index is 13.3. The molecule has 1 saturated heterocycles. The van der Waals surface area contributed by atoms with Gasteiger partial charge < -0.3 is 26.7 Å². The van der Waals surface area contributed by atoms with Crippen LogP contribution in [-0.2, 0) is 32.3 Å². The van der Waals surface area contributed by atoms with Crippen LogP contribution in [0, 0.1) is 0 Å². The van der Waals surface area contributed by atoms with Gasteiger partial charge in [-0.15, -0.1) is 27.6 Å². The van der Waals surface area contributed by atoms with Gasteiger partial charge in [0.2, 0.25) is 0 Å². The lowest BCUT2D eigenvalue weighted by atomic mass is 10.0. The predicted octanol–water partition coefficient (Wildman–Crippen LogP) is 0.772. The predicted molar refractivity (Wildman–Crippen MR) is 175 cm³/mol. The number of aromatic nitrogens is 4. The molecule has 2 atom stereocenters. The number of hydrogen-bond donors (Lipinski definition) is 4. The highest BCUT2D eigenvalue weighted by atomic mass is 32.2. The molecule has 47 heavy (non-hydrogen) atoms. The molecule has 2 amide bonds. The Morgan fingerprint density at radius 3 is 2.68 bits per heavy atom. The molecule has 0 bridgehead atoms. The molecule has 3 aromatic heterocycles. The number of imidazole rings is 1. The number of nitrogens with one attached hydrogen (secondary N) is 1. The number of thiazole rings is 1. The molecule has 7 rings (SSSR count). The van der Waals surface area contributed by atoms with Crippen LogP contribution in [0.15, 0.2) is 75.7 Å². The number of carbonyl (C=O) groups is 3. The SMILES string of the molecule is CO/N=C(\C(=O)N[C@@H]1C(=O)N2C(C(=O)O)=C(Cn3ccc4n3cc[n+]4Cc3ccc(C(N)=NC4CC4)cc3)CS[C@H]12)c1csc(N)n1. The lowest BCUT2D eigenvalue weighted by molar-refractivity contribution is -0.661. The summed E-state index contributed by atoms with van der Waals surface area (Å²) in [5, 5.41) is 17.8. The molecule has 3 aliphatic rings. The molecule has 0 unspecified atom stereocenters. The van der Waals surface area contributed by atoms with Gasteiger partial charge in [0.25, 0.3) is 11.8 Å². The van der Waals surface area contributed by atoms with Crippen LogP contribution in [0.4, 0.5) is 5.13 Å². The van der Waals surface area contributed by atoms with E-state index in [1.54, 1.807) is 5.38 Å². The van der Waals surface area contributed by atoms with Gasteiger partial charge in [-0.25, -0.2) is 19.0 Å². The lowest BCUT2D eigenvalue weighted by Gasteiger charge is -2.49. The lowest BCUT2D eigenvalue weighted by Crippen LogP contribution is -2.71. The topological polar surface area (TPSA) is 199 Å². The molecule has 0 spiro atoms. The van der Waals surface area contributed by atoms with Crippen LogP contribution in [0.3, 0.4) is 0 Å². The van der Waals surface area contributed by atoms with Crippen LogP contribution in [0.1, 0.15) is 29.7 Å². The number of nitrogens with zero attached hydrogens (tertiary/aromatic N) is 7. The van der Waals surface area contributed by atoms with Crippen molar-refractivity contribution in [2.75, 3.05) is 18.6 Å². The summed E-state index contributed by atoms with van der Waals surface area (Å²) < 4.78 is 5.94. The van der Waals surface area contributed by atoms with E-state index in [0.29, 0.717) is 29.7 Å². The quantitative estimate of drug-likeness (QED) is 0.0583. The van der Waals surface area contributed by atoms with Crippen LogP contribution in [0.2, 0.25) is 0 Å². The van der Waals surface area contributed by atoms with Gasteiger partial charge in [0.15, 0.2) is 17.0 Å². The average Bonchev–Trinajstić information content (AvgIpc) is 3.42. The molecule has 6 N–H and O–H groups in total. The number of nitrogen functional groups attached to an aromatic ring is 1. The number of fused-ring (bicyclic) bond motifs is 2. The molecule has 0 radical (unpaired) electrons. The van der Waals surface area contributed by atoms with Crippen molar-refractivity contribution >= 4 is 63.2 Å². The van der Waals surface area contributed by atoms with Crippen molar-refractivity contribution in [2.24, 2.45) is 15.9 Å². The van der Waals surface area contributed by atoms with E-state index >= 15 is 0 Å². The highest BCUT2D eigenvalue weighted by Gasteiger charge is 2.54. The summed E-state index contributed by atoms with van der Waals surface area (Å²) in [6.07, 6.45) is 7.97. The fourth-order valence-corrected chi connectivity index (χ4v) is 7.54. The zero-order chi connectivity index (χ0) is 32.8. The number of rotatable bonds is 11. The summed E-state index contributed by atoms with van der Waals surface area (Å²) in [4.78, 5) is 53.5. The number of amides is 2. The Hall–Kier alpha value is -5.16. The zero-order valence-electron chi connectivity index (χ0n) is 25.1. The molecule has 1 saturated carbocycles. The number of nitrogens with two attached hydrogens (primary N) is 2. The van der Waals surface area contributed by atoms with Crippen molar-refractivity contribution < 1.29 is 28.9 Å². The van der Waals surface area contributed by atoms with Gasteiger partial charge in [0, 0.05) is 16.7 Å². The fraction of sp³-hybridized carbons (Fsp3) is 0.300. The standard InChI is InChI=1S/C30H30N10O5S2/c1-45-36-22(20-15-47-30(32)34-20)26(41)35-23-27(42)40-24(29(43)44)18(14-46-28(23)40)13-38-9-8-21-37(10-11-39(21)38)12-16-2-4-17(5-3-16)25(31)33-19-6-7-19/h2-5,8-11,15,19,23,28H,6-7,12-14H2,1H3,(H5-,31,32,33,34,35,41,43,44)/p+1/b36-22-/t23-,28-/m1/s1. The smallest absolute Gasteiger partial charge is 0.352 e. The third-order valence-corrected chi connectivity index (χ3v) is 10.1. The monoisotopic (exact) mass is 675 g/mol. The Bertz CT molecular complexity index is 1990. The minimum atomic E-state index is -1.21. The number of amidine groups is 1. The Kier molecular flexibility index (Phi) is 7.93. The van der Waals surface area contributed by atoms with Gasteiger partial charge in [-0.2, -0.15) is 0 Å². The summed E-state index contributed by atoms with van der Waals surface area (Å²) in [7, 11) is 1.29. The number of aliphatic carboxylic acids is 1. The van der Waals surface area contributed by atoms with Crippen LogP contribution in [0.25, 0.3) is 5.65 Å². The third kappa shape index (κ3) is 5.83. The van der Waals surface area contributed by atoms with Gasteiger partial charge in [0.05, 0.1) is 24.8 Å². The normalized spacial score (nSPS) is 19.9. The maximum atomic E-state index is 13.3. The largest absolute Gasteiger partial charge is 0.477 e. The molecule has 1 aromatic carbocycles. The Morgan fingerprint density at radius 2 is 2.00 bits per heavy atom. The van der Waals surface area contributed by atoms with Gasteiger partial charge in [-0.05, 0) is 24.0 Å². The molecular weight excluding hydrogens is 645 g/mol. The molecule has 17 heteroatoms. The van der Waals surface area contributed by atoms with E-state index < -0.39 is 29.2 Å². The molecule has 5 heterocycles. The van der Waals surface area contributed by atoms with Gasteiger partial charge in [0.1, 0.15) is 48.5 Å². The number of anilines is 1. The maximum Gasteiger partial charge on any atom is 0.352 e. The molecular formula is C30H31N10O5S2+. The number of carbonyl (C=O) groups excluding carboxylic acids is 2.